The first kappa shape index (κ1) is 30.5. The van der Waals surface area contributed by atoms with Crippen molar-refractivity contribution in [3.05, 3.63) is 87.5 Å². The largest absolute Gasteiger partial charge is 0.294 e. The molecule has 0 radical (unpaired) electrons. The van der Waals surface area contributed by atoms with E-state index in [1.807, 2.05) is 6.92 Å². The lowest BCUT2D eigenvalue weighted by Gasteiger charge is -2.60. The van der Waals surface area contributed by atoms with Crippen LogP contribution in [0.1, 0.15) is 110 Å². The Bertz CT molecular complexity index is 1570. The topological polar surface area (TPSA) is 34.1 Å². The van der Waals surface area contributed by atoms with Gasteiger partial charge in [-0.2, -0.15) is 0 Å². The summed E-state index contributed by atoms with van der Waals surface area (Å²) in [5.41, 5.74) is 11.8. The van der Waals surface area contributed by atoms with Crippen molar-refractivity contribution >= 4 is 17.1 Å². The molecule has 222 valence electrons. The fraction of sp³-hybridized carbons (Fsp3) is 0.500. The molecule has 5 rings (SSSR count). The maximum absolute atomic E-state index is 14.2. The highest BCUT2D eigenvalue weighted by Gasteiger charge is 2.62. The van der Waals surface area contributed by atoms with E-state index < -0.39 is 5.41 Å². The van der Waals surface area contributed by atoms with Crippen LogP contribution in [0.25, 0.3) is 16.7 Å². The van der Waals surface area contributed by atoms with E-state index in [4.69, 9.17) is 6.58 Å². The number of Topliss-reactive ketones (excluding diaryl/α,β-unsaturated/α-hetero) is 2. The molecule has 2 nitrogen and oxygen atoms in total. The predicted octanol–water partition coefficient (Wildman–Crippen LogP) is 10.2. The number of rotatable bonds is 5. The van der Waals surface area contributed by atoms with Gasteiger partial charge in [0, 0.05) is 0 Å². The normalized spacial score (nSPS) is 27.6. The van der Waals surface area contributed by atoms with E-state index >= 15 is 0 Å². The van der Waals surface area contributed by atoms with Crippen LogP contribution in [0.2, 0.25) is 0 Å². The molecule has 0 unspecified atom stereocenters. The minimum atomic E-state index is -0.725. The number of aryl methyl sites for hydroxylation is 2. The minimum absolute atomic E-state index is 0.0000376. The van der Waals surface area contributed by atoms with Crippen LogP contribution < -0.4 is 0 Å². The second-order valence-electron chi connectivity index (χ2n) is 15.7. The molecule has 0 heterocycles. The molecular formula is C40H50O2. The molecule has 3 aliphatic carbocycles. The van der Waals surface area contributed by atoms with Gasteiger partial charge in [0.25, 0.3) is 0 Å². The summed E-state index contributed by atoms with van der Waals surface area (Å²) in [4.78, 5) is 26.8. The molecular weight excluding hydrogens is 512 g/mol. The van der Waals surface area contributed by atoms with Gasteiger partial charge in [-0.1, -0.05) is 88.7 Å². The Morgan fingerprint density at radius 3 is 2.19 bits per heavy atom. The number of fused-ring (bicyclic) bond motifs is 3. The van der Waals surface area contributed by atoms with Crippen LogP contribution in [0, 0.1) is 28.6 Å². The van der Waals surface area contributed by atoms with Gasteiger partial charge in [0.2, 0.25) is 0 Å². The zero-order chi connectivity index (χ0) is 31.0. The van der Waals surface area contributed by atoms with Crippen molar-refractivity contribution in [1.82, 2.24) is 0 Å². The fourth-order valence-electron chi connectivity index (χ4n) is 9.11. The number of benzene rings is 2. The third-order valence-corrected chi connectivity index (χ3v) is 11.2. The summed E-state index contributed by atoms with van der Waals surface area (Å²) in [5.74, 6) is -0.111. The van der Waals surface area contributed by atoms with Crippen molar-refractivity contribution in [3.63, 3.8) is 0 Å². The first-order valence-corrected chi connectivity index (χ1v) is 15.8. The van der Waals surface area contributed by atoms with Crippen LogP contribution >= 0.6 is 0 Å². The molecule has 0 spiro atoms. The highest BCUT2D eigenvalue weighted by molar-refractivity contribution is 6.23. The summed E-state index contributed by atoms with van der Waals surface area (Å²) in [5, 5.41) is 0. The van der Waals surface area contributed by atoms with E-state index in [-0.39, 0.29) is 22.4 Å². The summed E-state index contributed by atoms with van der Waals surface area (Å²) >= 11 is 0. The zero-order valence-corrected chi connectivity index (χ0v) is 27.7. The molecule has 0 aliphatic heterocycles. The molecule has 2 aromatic rings. The van der Waals surface area contributed by atoms with Crippen LogP contribution in [0.4, 0.5) is 0 Å². The molecule has 0 N–H and O–H groups in total. The lowest BCUT2D eigenvalue weighted by Crippen LogP contribution is -2.56. The molecule has 2 heteroatoms. The van der Waals surface area contributed by atoms with Gasteiger partial charge in [-0.05, 0) is 134 Å². The van der Waals surface area contributed by atoms with Gasteiger partial charge in [-0.25, -0.2) is 0 Å². The predicted molar refractivity (Wildman–Crippen MR) is 176 cm³/mol. The first-order chi connectivity index (χ1) is 19.4. The Morgan fingerprint density at radius 2 is 1.60 bits per heavy atom. The van der Waals surface area contributed by atoms with Crippen LogP contribution in [0.15, 0.2) is 65.3 Å². The molecule has 3 aliphatic rings. The average molecular weight is 563 g/mol. The molecule has 0 aromatic heterocycles. The Labute approximate surface area is 254 Å². The van der Waals surface area contributed by atoms with Crippen LogP contribution in [0.5, 0.6) is 0 Å². The molecule has 0 amide bonds. The lowest BCUT2D eigenvalue weighted by atomic mass is 9.42. The molecule has 42 heavy (non-hydrogen) atoms. The number of ketones is 2. The Balaban J connectivity index is 1.59. The smallest absolute Gasteiger partial charge is 0.176 e. The van der Waals surface area contributed by atoms with E-state index in [9.17, 15) is 9.59 Å². The van der Waals surface area contributed by atoms with Gasteiger partial charge < -0.3 is 0 Å². The number of carbonyl (C=O) groups excluding carboxylic acids is 2. The maximum Gasteiger partial charge on any atom is 0.176 e. The summed E-state index contributed by atoms with van der Waals surface area (Å²) in [6.07, 6.45) is 6.11. The SMILES string of the molecule is C=C1C2=C(C)[C@@]3(C)C(=O)C(C(C)=O)=C(C)C[C@@]3(C)C[C@@]2(C)Cc2c(-c3ccc(CCCC(C)(C)C)cc3)ccc(C)c21. The van der Waals surface area contributed by atoms with E-state index in [1.54, 1.807) is 0 Å². The molecule has 2 aromatic carbocycles. The molecule has 3 atom stereocenters. The standard InChI is InChI=1S/C40H50O2/c1-24-14-19-31(30-17-15-29(16-18-30)13-12-20-37(6,7)8)32-22-38(9)23-39(10)21-25(2)34(28(5)41)36(42)40(39,11)27(4)35(38)26(3)33(24)32/h14-19H,3,12-13,20-23H2,1-2,4-11H3/t38-,39+,40+/m1/s1. The van der Waals surface area contributed by atoms with Gasteiger partial charge in [0.15, 0.2) is 11.6 Å². The third kappa shape index (κ3) is 4.61. The number of carbonyl (C=O) groups is 2. The van der Waals surface area contributed by atoms with Crippen molar-refractivity contribution < 1.29 is 9.59 Å². The van der Waals surface area contributed by atoms with Crippen molar-refractivity contribution in [2.45, 2.75) is 108 Å². The van der Waals surface area contributed by atoms with E-state index in [2.05, 4.69) is 91.8 Å². The van der Waals surface area contributed by atoms with Gasteiger partial charge in [-0.3, -0.25) is 9.59 Å². The zero-order valence-electron chi connectivity index (χ0n) is 27.7. The molecule has 0 saturated heterocycles. The van der Waals surface area contributed by atoms with E-state index in [0.717, 1.165) is 42.4 Å². The minimum Gasteiger partial charge on any atom is -0.294 e. The first-order valence-electron chi connectivity index (χ1n) is 15.8. The quantitative estimate of drug-likeness (QED) is 0.340. The van der Waals surface area contributed by atoms with Gasteiger partial charge >= 0.3 is 0 Å². The second-order valence-corrected chi connectivity index (χ2v) is 15.7. The number of allylic oxidation sites excluding steroid dienone is 5. The van der Waals surface area contributed by atoms with E-state index in [1.165, 1.54) is 58.7 Å². The lowest BCUT2D eigenvalue weighted by molar-refractivity contribution is -0.134. The Hall–Kier alpha value is -3.00. The molecule has 0 bridgehead atoms. The highest BCUT2D eigenvalue weighted by Crippen LogP contribution is 2.68. The summed E-state index contributed by atoms with van der Waals surface area (Å²) in [6.45, 7) is 26.3. The second kappa shape index (κ2) is 10.0. The van der Waals surface area contributed by atoms with Crippen LogP contribution in [-0.2, 0) is 22.4 Å². The van der Waals surface area contributed by atoms with Crippen molar-refractivity contribution in [3.8, 4) is 11.1 Å². The van der Waals surface area contributed by atoms with Crippen LogP contribution in [0.3, 0.4) is 0 Å². The number of hydrogen-bond donors (Lipinski definition) is 0. The van der Waals surface area contributed by atoms with Gasteiger partial charge in [0.05, 0.1) is 11.0 Å². The summed E-state index contributed by atoms with van der Waals surface area (Å²) in [6, 6.07) is 13.7. The molecule has 0 saturated carbocycles. The Kier molecular flexibility index (Phi) is 7.28. The van der Waals surface area contributed by atoms with Crippen molar-refractivity contribution in [2.24, 2.45) is 21.7 Å². The monoisotopic (exact) mass is 562 g/mol. The third-order valence-electron chi connectivity index (χ3n) is 11.2. The fourth-order valence-corrected chi connectivity index (χ4v) is 9.11. The van der Waals surface area contributed by atoms with Crippen molar-refractivity contribution in [1.29, 1.82) is 0 Å². The summed E-state index contributed by atoms with van der Waals surface area (Å²) in [7, 11) is 0. The van der Waals surface area contributed by atoms with E-state index in [0.29, 0.717) is 11.0 Å². The summed E-state index contributed by atoms with van der Waals surface area (Å²) < 4.78 is 0. The van der Waals surface area contributed by atoms with Crippen molar-refractivity contribution in [2.75, 3.05) is 0 Å². The maximum atomic E-state index is 14.2. The van der Waals surface area contributed by atoms with Gasteiger partial charge in [0.1, 0.15) is 0 Å². The Morgan fingerprint density at radius 1 is 0.952 bits per heavy atom. The highest BCUT2D eigenvalue weighted by atomic mass is 16.1. The molecule has 0 fully saturated rings. The average Bonchev–Trinajstić information content (AvgIpc) is 2.86. The van der Waals surface area contributed by atoms with Crippen LogP contribution in [-0.4, -0.2) is 11.6 Å². The number of hydrogen-bond acceptors (Lipinski definition) is 2. The van der Waals surface area contributed by atoms with Gasteiger partial charge in [-0.15, -0.1) is 0 Å².